The summed E-state index contributed by atoms with van der Waals surface area (Å²) >= 11 is 0. The van der Waals surface area contributed by atoms with Crippen molar-refractivity contribution in [1.29, 1.82) is 0 Å². The van der Waals surface area contributed by atoms with Crippen molar-refractivity contribution in [3.8, 4) is 11.5 Å². The largest absolute Gasteiger partial charge is 0.435 e. The number of alkyl halides is 3. The van der Waals surface area contributed by atoms with Crippen LogP contribution in [0.15, 0.2) is 35.0 Å². The number of aromatic nitrogens is 5. The number of pyridine rings is 1. The molecule has 3 heterocycles. The summed E-state index contributed by atoms with van der Waals surface area (Å²) in [6.07, 6.45) is -1.25. The van der Waals surface area contributed by atoms with Crippen molar-refractivity contribution in [2.45, 2.75) is 32.5 Å². The van der Waals surface area contributed by atoms with Gasteiger partial charge < -0.3 is 4.42 Å². The molecular formula is C15H14F3N5O. The molecule has 6 nitrogen and oxygen atoms in total. The SMILES string of the molecule is Cc1cc(C(F)(F)F)nn1CC(C)c1nnc(-c2ccncc2)o1. The average molecular weight is 337 g/mol. The maximum atomic E-state index is 12.7. The second-order valence-electron chi connectivity index (χ2n) is 5.43. The Morgan fingerprint density at radius 2 is 1.92 bits per heavy atom. The Bertz CT molecular complexity index is 825. The van der Waals surface area contributed by atoms with E-state index in [1.807, 2.05) is 0 Å². The quantitative estimate of drug-likeness (QED) is 0.729. The molecule has 3 aromatic rings. The van der Waals surface area contributed by atoms with Gasteiger partial charge in [-0.3, -0.25) is 9.67 Å². The van der Waals surface area contributed by atoms with Gasteiger partial charge in [-0.15, -0.1) is 10.2 Å². The maximum Gasteiger partial charge on any atom is 0.435 e. The van der Waals surface area contributed by atoms with Gasteiger partial charge in [0.05, 0.1) is 12.5 Å². The first-order chi connectivity index (χ1) is 11.3. The van der Waals surface area contributed by atoms with Gasteiger partial charge in [-0.05, 0) is 25.1 Å². The van der Waals surface area contributed by atoms with Gasteiger partial charge in [0.15, 0.2) is 5.69 Å². The molecule has 0 bridgehead atoms. The lowest BCUT2D eigenvalue weighted by Crippen LogP contribution is -2.12. The van der Waals surface area contributed by atoms with Crippen LogP contribution in [0.2, 0.25) is 0 Å². The highest BCUT2D eigenvalue weighted by atomic mass is 19.4. The summed E-state index contributed by atoms with van der Waals surface area (Å²) in [7, 11) is 0. The first-order valence-electron chi connectivity index (χ1n) is 7.20. The van der Waals surface area contributed by atoms with E-state index in [1.165, 1.54) is 4.68 Å². The molecule has 3 aromatic heterocycles. The molecule has 0 saturated carbocycles. The van der Waals surface area contributed by atoms with Crippen molar-refractivity contribution >= 4 is 0 Å². The van der Waals surface area contributed by atoms with Crippen molar-refractivity contribution in [1.82, 2.24) is 25.0 Å². The number of halogens is 3. The molecule has 126 valence electrons. The second kappa shape index (κ2) is 6.06. The normalized spacial score (nSPS) is 13.2. The van der Waals surface area contributed by atoms with Crippen LogP contribution in [0.3, 0.4) is 0 Å². The van der Waals surface area contributed by atoms with E-state index < -0.39 is 11.9 Å². The minimum absolute atomic E-state index is 0.208. The van der Waals surface area contributed by atoms with Gasteiger partial charge in [0.2, 0.25) is 11.8 Å². The smallest absolute Gasteiger partial charge is 0.420 e. The van der Waals surface area contributed by atoms with Gasteiger partial charge in [0.25, 0.3) is 0 Å². The molecule has 0 fully saturated rings. The molecule has 9 heteroatoms. The van der Waals surface area contributed by atoms with Crippen LogP contribution < -0.4 is 0 Å². The van der Waals surface area contributed by atoms with Crippen molar-refractivity contribution in [3.05, 3.63) is 47.9 Å². The zero-order chi connectivity index (χ0) is 17.3. The van der Waals surface area contributed by atoms with Crippen LogP contribution in [-0.4, -0.2) is 25.0 Å². The topological polar surface area (TPSA) is 69.6 Å². The van der Waals surface area contributed by atoms with E-state index in [4.69, 9.17) is 4.42 Å². The van der Waals surface area contributed by atoms with E-state index in [0.717, 1.165) is 11.6 Å². The zero-order valence-corrected chi connectivity index (χ0v) is 12.9. The third kappa shape index (κ3) is 3.29. The van der Waals surface area contributed by atoms with E-state index in [9.17, 15) is 13.2 Å². The molecule has 0 aliphatic heterocycles. The number of rotatable bonds is 4. The molecule has 0 N–H and O–H groups in total. The molecule has 0 aliphatic carbocycles. The highest BCUT2D eigenvalue weighted by Crippen LogP contribution is 2.29. The van der Waals surface area contributed by atoms with Gasteiger partial charge in [0, 0.05) is 23.7 Å². The Morgan fingerprint density at radius 1 is 1.21 bits per heavy atom. The first-order valence-corrected chi connectivity index (χ1v) is 7.20. The summed E-state index contributed by atoms with van der Waals surface area (Å²) in [6, 6.07) is 4.48. The number of hydrogen-bond acceptors (Lipinski definition) is 5. The lowest BCUT2D eigenvalue weighted by atomic mass is 10.2. The van der Waals surface area contributed by atoms with Crippen LogP contribution in [0, 0.1) is 6.92 Å². The van der Waals surface area contributed by atoms with Crippen LogP contribution in [0.5, 0.6) is 0 Å². The van der Waals surface area contributed by atoms with Gasteiger partial charge in [-0.2, -0.15) is 18.3 Å². The molecule has 1 unspecified atom stereocenters. The lowest BCUT2D eigenvalue weighted by Gasteiger charge is -2.09. The van der Waals surface area contributed by atoms with E-state index in [1.54, 1.807) is 38.4 Å². The lowest BCUT2D eigenvalue weighted by molar-refractivity contribution is -0.141. The van der Waals surface area contributed by atoms with Crippen molar-refractivity contribution in [2.24, 2.45) is 0 Å². The predicted octanol–water partition coefficient (Wildman–Crippen LogP) is 3.46. The van der Waals surface area contributed by atoms with Crippen LogP contribution in [-0.2, 0) is 12.7 Å². The third-order valence-electron chi connectivity index (χ3n) is 3.51. The molecule has 0 saturated heterocycles. The average Bonchev–Trinajstić information content (AvgIpc) is 3.15. The zero-order valence-electron chi connectivity index (χ0n) is 12.9. The number of nitrogens with zero attached hydrogens (tertiary/aromatic N) is 5. The van der Waals surface area contributed by atoms with Crippen LogP contribution in [0.1, 0.15) is 30.1 Å². The summed E-state index contributed by atoms with van der Waals surface area (Å²) in [5, 5.41) is 11.5. The van der Waals surface area contributed by atoms with Gasteiger partial charge in [-0.1, -0.05) is 6.92 Å². The van der Waals surface area contributed by atoms with Crippen molar-refractivity contribution < 1.29 is 17.6 Å². The molecule has 0 amide bonds. The Hall–Kier alpha value is -2.71. The highest BCUT2D eigenvalue weighted by molar-refractivity contribution is 5.50. The predicted molar refractivity (Wildman–Crippen MR) is 77.9 cm³/mol. The van der Waals surface area contributed by atoms with Crippen molar-refractivity contribution in [2.75, 3.05) is 0 Å². The fraction of sp³-hybridized carbons (Fsp3) is 0.333. The minimum atomic E-state index is -4.46. The molecule has 1 atom stereocenters. The number of aryl methyl sites for hydroxylation is 1. The molecule has 3 rings (SSSR count). The monoisotopic (exact) mass is 337 g/mol. The summed E-state index contributed by atoms with van der Waals surface area (Å²) in [5.74, 6) is 0.394. The summed E-state index contributed by atoms with van der Waals surface area (Å²) < 4.78 is 45.0. The van der Waals surface area contributed by atoms with Crippen LogP contribution in [0.25, 0.3) is 11.5 Å². The van der Waals surface area contributed by atoms with E-state index in [2.05, 4.69) is 20.3 Å². The fourth-order valence-corrected chi connectivity index (χ4v) is 2.22. The molecule has 0 radical (unpaired) electrons. The Balaban J connectivity index is 1.78. The first kappa shape index (κ1) is 16.2. The van der Waals surface area contributed by atoms with Crippen LogP contribution in [0.4, 0.5) is 13.2 Å². The maximum absolute atomic E-state index is 12.7. The summed E-state index contributed by atoms with van der Waals surface area (Å²) in [5.41, 5.74) is 0.240. The Kier molecular flexibility index (Phi) is 4.08. The van der Waals surface area contributed by atoms with Gasteiger partial charge in [0.1, 0.15) is 0 Å². The Labute approximate surface area is 135 Å². The van der Waals surface area contributed by atoms with Crippen LogP contribution >= 0.6 is 0 Å². The van der Waals surface area contributed by atoms with Crippen molar-refractivity contribution in [3.63, 3.8) is 0 Å². The molecule has 0 aromatic carbocycles. The molecule has 0 aliphatic rings. The molecule has 0 spiro atoms. The van der Waals surface area contributed by atoms with Gasteiger partial charge >= 0.3 is 6.18 Å². The molecule has 24 heavy (non-hydrogen) atoms. The third-order valence-corrected chi connectivity index (χ3v) is 3.51. The highest BCUT2D eigenvalue weighted by Gasteiger charge is 2.34. The number of hydrogen-bond donors (Lipinski definition) is 0. The van der Waals surface area contributed by atoms with E-state index in [0.29, 0.717) is 17.5 Å². The fourth-order valence-electron chi connectivity index (χ4n) is 2.22. The van der Waals surface area contributed by atoms with Gasteiger partial charge in [-0.25, -0.2) is 0 Å². The van der Waals surface area contributed by atoms with E-state index >= 15 is 0 Å². The molecular weight excluding hydrogens is 323 g/mol. The summed E-state index contributed by atoms with van der Waals surface area (Å²) in [4.78, 5) is 3.91. The van der Waals surface area contributed by atoms with E-state index in [-0.39, 0.29) is 12.5 Å². The minimum Gasteiger partial charge on any atom is -0.420 e. The summed E-state index contributed by atoms with van der Waals surface area (Å²) in [6.45, 7) is 3.57. The second-order valence-corrected chi connectivity index (χ2v) is 5.43. The standard InChI is InChI=1S/C15H14F3N5O/c1-9(8-23-10(2)7-12(22-23)15(16,17)18)13-20-21-14(24-13)11-3-5-19-6-4-11/h3-7,9H,8H2,1-2H3. The Morgan fingerprint density at radius 3 is 2.54 bits per heavy atom.